The van der Waals surface area contributed by atoms with Gasteiger partial charge in [-0.3, -0.25) is 4.57 Å². The van der Waals surface area contributed by atoms with Gasteiger partial charge in [0.2, 0.25) is 0 Å². The number of nitrogens with zero attached hydrogens (tertiary/aromatic N) is 2. The molecule has 6 nitrogen and oxygen atoms in total. The lowest BCUT2D eigenvalue weighted by Gasteiger charge is -2.05. The van der Waals surface area contributed by atoms with E-state index in [1.54, 1.807) is 24.3 Å². The summed E-state index contributed by atoms with van der Waals surface area (Å²) in [6.45, 7) is 0.864. The van der Waals surface area contributed by atoms with E-state index in [4.69, 9.17) is 10.5 Å². The Labute approximate surface area is 91.7 Å². The fourth-order valence-electron chi connectivity index (χ4n) is 1.26. The van der Waals surface area contributed by atoms with E-state index < -0.39 is 0 Å². The third-order valence-electron chi connectivity index (χ3n) is 2.10. The van der Waals surface area contributed by atoms with Crippen molar-refractivity contribution in [3.8, 4) is 5.75 Å². The lowest BCUT2D eigenvalue weighted by atomic mass is 10.3. The number of H-pyrrole nitrogens is 1. The minimum atomic E-state index is -0.235. The average molecular weight is 220 g/mol. The van der Waals surface area contributed by atoms with Gasteiger partial charge in [-0.1, -0.05) is 0 Å². The summed E-state index contributed by atoms with van der Waals surface area (Å²) in [6, 6.07) is 7.10. The number of nitrogens with one attached hydrogen (secondary N) is 1. The molecule has 6 heteroatoms. The number of rotatable bonds is 4. The molecule has 0 unspecified atom stereocenters. The molecular formula is C10H12N4O2. The Balaban J connectivity index is 1.87. The Morgan fingerprint density at radius 2 is 2.12 bits per heavy atom. The first-order chi connectivity index (χ1) is 7.75. The molecule has 0 amide bonds. The normalized spacial score (nSPS) is 10.2. The van der Waals surface area contributed by atoms with Crippen LogP contribution in [0.4, 0.5) is 5.69 Å². The van der Waals surface area contributed by atoms with Crippen molar-refractivity contribution in [3.05, 3.63) is 41.1 Å². The number of aromatic amines is 1. The number of ether oxygens (including phenoxy) is 1. The third kappa shape index (κ3) is 2.41. The lowest BCUT2D eigenvalue weighted by Crippen LogP contribution is -2.19. The molecule has 0 bridgehead atoms. The Hall–Kier alpha value is -2.24. The molecule has 0 aliphatic rings. The molecule has 0 fully saturated rings. The van der Waals surface area contributed by atoms with Crippen LogP contribution in [0.5, 0.6) is 5.75 Å². The molecule has 1 aromatic carbocycles. The number of anilines is 1. The molecule has 0 radical (unpaired) electrons. The second-order valence-electron chi connectivity index (χ2n) is 3.27. The van der Waals surface area contributed by atoms with Gasteiger partial charge in [0, 0.05) is 5.69 Å². The van der Waals surface area contributed by atoms with Crippen LogP contribution in [-0.2, 0) is 6.54 Å². The highest BCUT2D eigenvalue weighted by Crippen LogP contribution is 2.12. The number of hydrogen-bond donors (Lipinski definition) is 2. The molecule has 0 aliphatic carbocycles. The zero-order chi connectivity index (χ0) is 11.4. The molecule has 0 spiro atoms. The van der Waals surface area contributed by atoms with Crippen LogP contribution >= 0.6 is 0 Å². The highest BCUT2D eigenvalue weighted by Gasteiger charge is 1.97. The Morgan fingerprint density at radius 3 is 2.75 bits per heavy atom. The van der Waals surface area contributed by atoms with E-state index >= 15 is 0 Å². The predicted octanol–water partition coefficient (Wildman–Crippen LogP) is 0.233. The van der Waals surface area contributed by atoms with Gasteiger partial charge >= 0.3 is 5.69 Å². The standard InChI is InChI=1S/C10H12N4O2/c11-8-1-3-9(4-2-8)16-6-5-14-7-12-13-10(14)15/h1-4,7H,5-6,11H2,(H,13,15). The largest absolute Gasteiger partial charge is 0.492 e. The van der Waals surface area contributed by atoms with Gasteiger partial charge < -0.3 is 10.5 Å². The summed E-state index contributed by atoms with van der Waals surface area (Å²) in [7, 11) is 0. The maximum atomic E-state index is 11.1. The summed E-state index contributed by atoms with van der Waals surface area (Å²) in [5, 5.41) is 5.92. The minimum absolute atomic E-state index is 0.235. The Morgan fingerprint density at radius 1 is 1.38 bits per heavy atom. The van der Waals surface area contributed by atoms with Crippen molar-refractivity contribution in [1.82, 2.24) is 14.8 Å². The number of nitrogens with two attached hydrogens (primary N) is 1. The number of hydrogen-bond acceptors (Lipinski definition) is 4. The van der Waals surface area contributed by atoms with Gasteiger partial charge in [-0.25, -0.2) is 9.89 Å². The topological polar surface area (TPSA) is 85.9 Å². The molecule has 3 N–H and O–H groups in total. The van der Waals surface area contributed by atoms with Crippen molar-refractivity contribution in [2.24, 2.45) is 0 Å². The van der Waals surface area contributed by atoms with Gasteiger partial charge in [0.05, 0.1) is 6.54 Å². The number of aromatic nitrogens is 3. The molecule has 1 heterocycles. The average Bonchev–Trinajstić information content (AvgIpc) is 2.68. The van der Waals surface area contributed by atoms with Crippen molar-refractivity contribution in [2.45, 2.75) is 6.54 Å². The van der Waals surface area contributed by atoms with E-state index in [2.05, 4.69) is 10.2 Å². The van der Waals surface area contributed by atoms with Crippen LogP contribution in [0.15, 0.2) is 35.4 Å². The first kappa shape index (κ1) is 10.3. The molecule has 0 saturated heterocycles. The minimum Gasteiger partial charge on any atom is -0.492 e. The summed E-state index contributed by atoms with van der Waals surface area (Å²) in [5.74, 6) is 0.728. The van der Waals surface area contributed by atoms with Crippen molar-refractivity contribution in [2.75, 3.05) is 12.3 Å². The van der Waals surface area contributed by atoms with Crippen LogP contribution in [0.3, 0.4) is 0 Å². The zero-order valence-electron chi connectivity index (χ0n) is 8.59. The van der Waals surface area contributed by atoms with E-state index in [-0.39, 0.29) is 5.69 Å². The molecule has 2 aromatic rings. The van der Waals surface area contributed by atoms with Crippen molar-refractivity contribution in [1.29, 1.82) is 0 Å². The molecule has 84 valence electrons. The molecule has 16 heavy (non-hydrogen) atoms. The Kier molecular flexibility index (Phi) is 2.90. The van der Waals surface area contributed by atoms with E-state index in [1.165, 1.54) is 10.9 Å². The van der Waals surface area contributed by atoms with Gasteiger partial charge in [0.15, 0.2) is 0 Å². The third-order valence-corrected chi connectivity index (χ3v) is 2.10. The van der Waals surface area contributed by atoms with Crippen LogP contribution in [0.25, 0.3) is 0 Å². The smallest absolute Gasteiger partial charge is 0.343 e. The number of benzene rings is 1. The molecule has 0 aliphatic heterocycles. The van der Waals surface area contributed by atoms with Gasteiger partial charge in [-0.05, 0) is 24.3 Å². The molecule has 2 rings (SSSR count). The summed E-state index contributed by atoms with van der Waals surface area (Å²) < 4.78 is 6.87. The fourth-order valence-corrected chi connectivity index (χ4v) is 1.26. The van der Waals surface area contributed by atoms with Crippen LogP contribution in [0.1, 0.15) is 0 Å². The van der Waals surface area contributed by atoms with Gasteiger partial charge in [0.25, 0.3) is 0 Å². The fraction of sp³-hybridized carbons (Fsp3) is 0.200. The first-order valence-electron chi connectivity index (χ1n) is 4.84. The number of nitrogen functional groups attached to an aromatic ring is 1. The van der Waals surface area contributed by atoms with Gasteiger partial charge in [-0.2, -0.15) is 5.10 Å². The summed E-state index contributed by atoms with van der Waals surface area (Å²) in [6.07, 6.45) is 1.44. The maximum Gasteiger partial charge on any atom is 0.343 e. The quantitative estimate of drug-likeness (QED) is 0.722. The van der Waals surface area contributed by atoms with Crippen LogP contribution in [-0.4, -0.2) is 21.4 Å². The summed E-state index contributed by atoms with van der Waals surface area (Å²) in [4.78, 5) is 11.1. The van der Waals surface area contributed by atoms with E-state index in [9.17, 15) is 4.79 Å². The zero-order valence-corrected chi connectivity index (χ0v) is 8.59. The van der Waals surface area contributed by atoms with E-state index in [0.717, 1.165) is 5.75 Å². The van der Waals surface area contributed by atoms with E-state index in [1.807, 2.05) is 0 Å². The SMILES string of the molecule is Nc1ccc(OCCn2cn[nH]c2=O)cc1. The van der Waals surface area contributed by atoms with Crippen molar-refractivity contribution >= 4 is 5.69 Å². The summed E-state index contributed by atoms with van der Waals surface area (Å²) >= 11 is 0. The van der Waals surface area contributed by atoms with Crippen LogP contribution in [0, 0.1) is 0 Å². The molecular weight excluding hydrogens is 208 g/mol. The van der Waals surface area contributed by atoms with Crippen LogP contribution in [0.2, 0.25) is 0 Å². The van der Waals surface area contributed by atoms with Gasteiger partial charge in [0.1, 0.15) is 18.7 Å². The second-order valence-corrected chi connectivity index (χ2v) is 3.27. The highest BCUT2D eigenvalue weighted by atomic mass is 16.5. The molecule has 1 aromatic heterocycles. The highest BCUT2D eigenvalue weighted by molar-refractivity contribution is 5.41. The van der Waals surface area contributed by atoms with E-state index in [0.29, 0.717) is 18.8 Å². The van der Waals surface area contributed by atoms with Crippen LogP contribution < -0.4 is 16.2 Å². The first-order valence-corrected chi connectivity index (χ1v) is 4.84. The second kappa shape index (κ2) is 4.52. The maximum absolute atomic E-state index is 11.1. The molecule has 0 saturated carbocycles. The predicted molar refractivity (Wildman–Crippen MR) is 59.2 cm³/mol. The summed E-state index contributed by atoms with van der Waals surface area (Å²) in [5.41, 5.74) is 6.00. The van der Waals surface area contributed by atoms with Crippen molar-refractivity contribution in [3.63, 3.8) is 0 Å². The Bertz CT molecular complexity index is 500. The molecule has 0 atom stereocenters. The van der Waals surface area contributed by atoms with Crippen molar-refractivity contribution < 1.29 is 4.74 Å². The monoisotopic (exact) mass is 220 g/mol. The van der Waals surface area contributed by atoms with Gasteiger partial charge in [-0.15, -0.1) is 0 Å². The lowest BCUT2D eigenvalue weighted by molar-refractivity contribution is 0.296.